The molecule has 0 saturated heterocycles. The first kappa shape index (κ1) is 9.03. The minimum Gasteiger partial charge on any atom is -0.322 e. The van der Waals surface area contributed by atoms with E-state index in [1.807, 2.05) is 0 Å². The molecule has 1 fully saturated rings. The molecular formula is C9H6ClF2N3. The highest BCUT2D eigenvalue weighted by atomic mass is 35.5. The van der Waals surface area contributed by atoms with Gasteiger partial charge in [-0.05, 0) is 0 Å². The average Bonchev–Trinajstić information content (AvgIpc) is 2.69. The van der Waals surface area contributed by atoms with Crippen LogP contribution in [0.25, 0.3) is 11.0 Å². The quantitative estimate of drug-likeness (QED) is 0.753. The SMILES string of the molecule is FC1(F)CC1n1cc(Cl)c2cncnc21. The molecule has 0 spiro atoms. The average molecular weight is 230 g/mol. The van der Waals surface area contributed by atoms with Gasteiger partial charge in [-0.2, -0.15) is 0 Å². The van der Waals surface area contributed by atoms with E-state index in [1.54, 1.807) is 0 Å². The van der Waals surface area contributed by atoms with Crippen LogP contribution in [0, 0.1) is 0 Å². The predicted molar refractivity (Wildman–Crippen MR) is 51.1 cm³/mol. The van der Waals surface area contributed by atoms with Crippen LogP contribution in [0.15, 0.2) is 18.7 Å². The van der Waals surface area contributed by atoms with Gasteiger partial charge in [-0.15, -0.1) is 0 Å². The molecule has 1 aliphatic carbocycles. The van der Waals surface area contributed by atoms with Crippen LogP contribution in [-0.4, -0.2) is 20.5 Å². The Morgan fingerprint density at radius 1 is 1.53 bits per heavy atom. The van der Waals surface area contributed by atoms with Gasteiger partial charge in [0.1, 0.15) is 18.0 Å². The van der Waals surface area contributed by atoms with Gasteiger partial charge in [-0.25, -0.2) is 18.7 Å². The maximum absolute atomic E-state index is 12.9. The Hall–Kier alpha value is -1.23. The normalized spacial score (nSPS) is 23.3. The van der Waals surface area contributed by atoms with Crippen LogP contribution in [0.3, 0.4) is 0 Å². The monoisotopic (exact) mass is 229 g/mol. The number of nitrogens with zero attached hydrogens (tertiary/aromatic N) is 3. The Morgan fingerprint density at radius 3 is 2.93 bits per heavy atom. The second-order valence-electron chi connectivity index (χ2n) is 3.63. The first-order chi connectivity index (χ1) is 7.09. The fraction of sp³-hybridized carbons (Fsp3) is 0.333. The Kier molecular flexibility index (Phi) is 1.60. The van der Waals surface area contributed by atoms with Gasteiger partial charge >= 0.3 is 0 Å². The van der Waals surface area contributed by atoms with Crippen molar-refractivity contribution in [1.29, 1.82) is 0 Å². The van der Waals surface area contributed by atoms with Gasteiger partial charge in [-0.3, -0.25) is 0 Å². The zero-order chi connectivity index (χ0) is 10.6. The summed E-state index contributed by atoms with van der Waals surface area (Å²) >= 11 is 5.90. The minimum atomic E-state index is -2.62. The van der Waals surface area contributed by atoms with E-state index in [0.29, 0.717) is 16.1 Å². The lowest BCUT2D eigenvalue weighted by atomic mass is 10.4. The van der Waals surface area contributed by atoms with Crippen molar-refractivity contribution >= 4 is 22.6 Å². The van der Waals surface area contributed by atoms with Gasteiger partial charge in [0.2, 0.25) is 0 Å². The lowest BCUT2D eigenvalue weighted by Crippen LogP contribution is -2.01. The number of fused-ring (bicyclic) bond motifs is 1. The first-order valence-electron chi connectivity index (χ1n) is 4.43. The van der Waals surface area contributed by atoms with Crippen molar-refractivity contribution in [1.82, 2.24) is 14.5 Å². The third kappa shape index (κ3) is 1.23. The molecule has 15 heavy (non-hydrogen) atoms. The van der Waals surface area contributed by atoms with E-state index in [0.717, 1.165) is 0 Å². The van der Waals surface area contributed by atoms with Crippen molar-refractivity contribution in [2.24, 2.45) is 0 Å². The summed E-state index contributed by atoms with van der Waals surface area (Å²) in [4.78, 5) is 7.77. The van der Waals surface area contributed by atoms with Crippen LogP contribution in [0.4, 0.5) is 8.78 Å². The van der Waals surface area contributed by atoms with E-state index < -0.39 is 12.0 Å². The molecule has 0 aromatic carbocycles. The highest BCUT2D eigenvalue weighted by molar-refractivity contribution is 6.35. The minimum absolute atomic E-state index is 0.142. The number of alkyl halides is 2. The fourth-order valence-corrected chi connectivity index (χ4v) is 1.93. The first-order valence-corrected chi connectivity index (χ1v) is 4.81. The molecule has 1 saturated carbocycles. The topological polar surface area (TPSA) is 30.7 Å². The van der Waals surface area contributed by atoms with Gasteiger partial charge in [0.15, 0.2) is 0 Å². The molecule has 2 aromatic heterocycles. The fourth-order valence-electron chi connectivity index (χ4n) is 1.69. The zero-order valence-electron chi connectivity index (χ0n) is 7.49. The van der Waals surface area contributed by atoms with E-state index in [9.17, 15) is 8.78 Å². The lowest BCUT2D eigenvalue weighted by Gasteiger charge is -2.01. The smallest absolute Gasteiger partial charge is 0.270 e. The summed E-state index contributed by atoms with van der Waals surface area (Å²) < 4.78 is 27.3. The largest absolute Gasteiger partial charge is 0.322 e. The molecule has 6 heteroatoms. The van der Waals surface area contributed by atoms with Crippen LogP contribution in [0.5, 0.6) is 0 Å². The second kappa shape index (κ2) is 2.66. The standard InChI is InChI=1S/C9H6ClF2N3/c10-6-3-15(7-1-9(7,11)12)8-5(6)2-13-4-14-8/h2-4,7H,1H2. The van der Waals surface area contributed by atoms with Crippen LogP contribution in [0.1, 0.15) is 12.5 Å². The Morgan fingerprint density at radius 2 is 2.27 bits per heavy atom. The third-order valence-corrected chi connectivity index (χ3v) is 2.88. The van der Waals surface area contributed by atoms with Crippen molar-refractivity contribution < 1.29 is 8.78 Å². The van der Waals surface area contributed by atoms with Crippen LogP contribution in [0.2, 0.25) is 5.02 Å². The summed E-state index contributed by atoms with van der Waals surface area (Å²) in [5, 5.41) is 1.02. The van der Waals surface area contributed by atoms with Crippen molar-refractivity contribution in [2.45, 2.75) is 18.4 Å². The van der Waals surface area contributed by atoms with Gasteiger partial charge in [0.05, 0.1) is 10.4 Å². The van der Waals surface area contributed by atoms with E-state index in [1.165, 1.54) is 23.3 Å². The molecule has 0 N–H and O–H groups in total. The molecule has 0 bridgehead atoms. The molecule has 2 heterocycles. The number of hydrogen-bond donors (Lipinski definition) is 0. The summed E-state index contributed by atoms with van der Waals surface area (Å²) in [6, 6.07) is -0.803. The Bertz CT molecular complexity index is 537. The third-order valence-electron chi connectivity index (χ3n) is 2.57. The van der Waals surface area contributed by atoms with Crippen molar-refractivity contribution in [3.63, 3.8) is 0 Å². The lowest BCUT2D eigenvalue weighted by molar-refractivity contribution is 0.101. The number of hydrogen-bond acceptors (Lipinski definition) is 2. The molecule has 1 aliphatic rings. The summed E-state index contributed by atoms with van der Waals surface area (Å²) in [6.45, 7) is 0. The predicted octanol–water partition coefficient (Wildman–Crippen LogP) is 2.66. The van der Waals surface area contributed by atoms with Gasteiger partial charge in [0.25, 0.3) is 5.92 Å². The molecule has 3 nitrogen and oxygen atoms in total. The van der Waals surface area contributed by atoms with E-state index >= 15 is 0 Å². The maximum atomic E-state index is 12.9. The number of aromatic nitrogens is 3. The van der Waals surface area contributed by atoms with Crippen LogP contribution in [-0.2, 0) is 0 Å². The van der Waals surface area contributed by atoms with Crippen molar-refractivity contribution in [3.05, 3.63) is 23.7 Å². The molecule has 2 aromatic rings. The van der Waals surface area contributed by atoms with Crippen LogP contribution >= 0.6 is 11.6 Å². The summed E-state index contributed by atoms with van der Waals surface area (Å²) in [5.41, 5.74) is 0.470. The molecule has 0 radical (unpaired) electrons. The Labute approximate surface area is 88.7 Å². The number of rotatable bonds is 1. The van der Waals surface area contributed by atoms with E-state index in [2.05, 4.69) is 9.97 Å². The molecule has 1 atom stereocenters. The van der Waals surface area contributed by atoms with E-state index in [-0.39, 0.29) is 6.42 Å². The molecule has 78 valence electrons. The van der Waals surface area contributed by atoms with E-state index in [4.69, 9.17) is 11.6 Å². The van der Waals surface area contributed by atoms with Gasteiger partial charge in [0, 0.05) is 18.8 Å². The summed E-state index contributed by atoms with van der Waals surface area (Å²) in [7, 11) is 0. The van der Waals surface area contributed by atoms with Crippen LogP contribution < -0.4 is 0 Å². The Balaban J connectivity index is 2.20. The molecule has 0 aliphatic heterocycles. The van der Waals surface area contributed by atoms with Crippen molar-refractivity contribution in [2.75, 3.05) is 0 Å². The maximum Gasteiger partial charge on any atom is 0.270 e. The number of halogens is 3. The molecule has 1 unspecified atom stereocenters. The summed E-state index contributed by atoms with van der Waals surface area (Å²) in [6.07, 6.45) is 4.21. The molecular weight excluding hydrogens is 224 g/mol. The zero-order valence-corrected chi connectivity index (χ0v) is 8.25. The second-order valence-corrected chi connectivity index (χ2v) is 4.03. The highest BCUT2D eigenvalue weighted by Gasteiger charge is 2.58. The van der Waals surface area contributed by atoms with Crippen molar-refractivity contribution in [3.8, 4) is 0 Å². The highest BCUT2D eigenvalue weighted by Crippen LogP contribution is 2.53. The van der Waals surface area contributed by atoms with Gasteiger partial charge in [-0.1, -0.05) is 11.6 Å². The summed E-state index contributed by atoms with van der Waals surface area (Å²) in [5.74, 6) is -2.62. The van der Waals surface area contributed by atoms with Gasteiger partial charge < -0.3 is 4.57 Å². The molecule has 0 amide bonds. The molecule has 3 rings (SSSR count).